The van der Waals surface area contributed by atoms with Crippen molar-refractivity contribution in [2.75, 3.05) is 29.9 Å². The fourth-order valence-electron chi connectivity index (χ4n) is 2.91. The SMILES string of the molecule is Cc1ncnc(N2CC(N(C)c3ncnc(C(C)C)c3F)C2)c1C. The molecule has 0 amide bonds. The van der Waals surface area contributed by atoms with Gasteiger partial charge in [0.1, 0.15) is 18.5 Å². The van der Waals surface area contributed by atoms with E-state index in [2.05, 4.69) is 24.8 Å². The average Bonchev–Trinajstić information content (AvgIpc) is 2.49. The van der Waals surface area contributed by atoms with Crippen molar-refractivity contribution in [1.29, 1.82) is 0 Å². The third-order valence-electron chi connectivity index (χ3n) is 4.70. The van der Waals surface area contributed by atoms with Crippen molar-refractivity contribution in [1.82, 2.24) is 19.9 Å². The van der Waals surface area contributed by atoms with Crippen molar-refractivity contribution < 1.29 is 4.39 Å². The largest absolute Gasteiger partial charge is 0.352 e. The van der Waals surface area contributed by atoms with E-state index in [0.29, 0.717) is 11.5 Å². The Balaban J connectivity index is 1.74. The Morgan fingerprint density at radius 2 is 1.79 bits per heavy atom. The van der Waals surface area contributed by atoms with E-state index in [1.54, 1.807) is 6.33 Å². The molecule has 0 saturated carbocycles. The van der Waals surface area contributed by atoms with Crippen molar-refractivity contribution in [2.24, 2.45) is 0 Å². The highest BCUT2D eigenvalue weighted by atomic mass is 19.1. The summed E-state index contributed by atoms with van der Waals surface area (Å²) in [6.45, 7) is 9.44. The minimum absolute atomic E-state index is 0.0321. The molecule has 0 bridgehead atoms. The maximum absolute atomic E-state index is 14.6. The van der Waals surface area contributed by atoms with Gasteiger partial charge in [0.15, 0.2) is 11.6 Å². The Morgan fingerprint density at radius 3 is 2.46 bits per heavy atom. The molecule has 1 aliphatic heterocycles. The number of nitrogens with zero attached hydrogens (tertiary/aromatic N) is 6. The molecule has 7 heteroatoms. The van der Waals surface area contributed by atoms with Gasteiger partial charge in [-0.05, 0) is 19.8 Å². The van der Waals surface area contributed by atoms with E-state index in [-0.39, 0.29) is 17.8 Å². The smallest absolute Gasteiger partial charge is 0.187 e. The zero-order valence-electron chi connectivity index (χ0n) is 14.8. The predicted octanol–water partition coefficient (Wildman–Crippen LogP) is 2.47. The van der Waals surface area contributed by atoms with Crippen LogP contribution in [0.2, 0.25) is 0 Å². The molecule has 3 rings (SSSR count). The van der Waals surface area contributed by atoms with Crippen LogP contribution in [0.5, 0.6) is 0 Å². The van der Waals surface area contributed by atoms with Crippen LogP contribution in [0.1, 0.15) is 36.7 Å². The van der Waals surface area contributed by atoms with Gasteiger partial charge < -0.3 is 9.80 Å². The fourth-order valence-corrected chi connectivity index (χ4v) is 2.91. The topological polar surface area (TPSA) is 58.0 Å². The van der Waals surface area contributed by atoms with E-state index in [1.807, 2.05) is 39.6 Å². The lowest BCUT2D eigenvalue weighted by molar-refractivity contribution is 0.476. The van der Waals surface area contributed by atoms with Gasteiger partial charge in [-0.1, -0.05) is 13.8 Å². The van der Waals surface area contributed by atoms with Crippen LogP contribution < -0.4 is 9.80 Å². The Morgan fingerprint density at radius 1 is 1.12 bits per heavy atom. The van der Waals surface area contributed by atoms with Crippen molar-refractivity contribution in [3.63, 3.8) is 0 Å². The van der Waals surface area contributed by atoms with Crippen LogP contribution in [0.15, 0.2) is 12.7 Å². The van der Waals surface area contributed by atoms with Crippen LogP contribution in [0, 0.1) is 19.7 Å². The highest BCUT2D eigenvalue weighted by molar-refractivity contribution is 5.53. The molecule has 1 aliphatic rings. The summed E-state index contributed by atoms with van der Waals surface area (Å²) in [6, 6.07) is 0.198. The van der Waals surface area contributed by atoms with Crippen LogP contribution in [0.3, 0.4) is 0 Å². The second-order valence-corrected chi connectivity index (χ2v) is 6.63. The van der Waals surface area contributed by atoms with Gasteiger partial charge in [0.2, 0.25) is 0 Å². The quantitative estimate of drug-likeness (QED) is 0.858. The van der Waals surface area contributed by atoms with E-state index in [0.717, 1.165) is 30.2 Å². The molecule has 0 atom stereocenters. The minimum Gasteiger partial charge on any atom is -0.352 e. The molecule has 3 heterocycles. The molecule has 0 N–H and O–H groups in total. The van der Waals surface area contributed by atoms with Crippen molar-refractivity contribution in [3.05, 3.63) is 35.4 Å². The Labute approximate surface area is 141 Å². The molecule has 2 aromatic heterocycles. The lowest BCUT2D eigenvalue weighted by Gasteiger charge is -2.45. The van der Waals surface area contributed by atoms with Crippen LogP contribution in [-0.4, -0.2) is 46.1 Å². The molecule has 0 aliphatic carbocycles. The lowest BCUT2D eigenvalue weighted by atomic mass is 10.1. The highest BCUT2D eigenvalue weighted by Gasteiger charge is 2.34. The van der Waals surface area contributed by atoms with Crippen LogP contribution in [0.25, 0.3) is 0 Å². The van der Waals surface area contributed by atoms with Gasteiger partial charge in [0.25, 0.3) is 0 Å². The van der Waals surface area contributed by atoms with Crippen LogP contribution in [0.4, 0.5) is 16.0 Å². The maximum atomic E-state index is 14.6. The van der Waals surface area contributed by atoms with Gasteiger partial charge in [-0.15, -0.1) is 0 Å². The number of hydrogen-bond acceptors (Lipinski definition) is 6. The molecule has 0 unspecified atom stereocenters. The second-order valence-electron chi connectivity index (χ2n) is 6.63. The summed E-state index contributed by atoms with van der Waals surface area (Å²) in [6.07, 6.45) is 3.03. The molecule has 0 spiro atoms. The Bertz CT molecular complexity index is 742. The number of aromatic nitrogens is 4. The zero-order valence-corrected chi connectivity index (χ0v) is 14.8. The van der Waals surface area contributed by atoms with Gasteiger partial charge in [0.05, 0.1) is 11.7 Å². The number of rotatable bonds is 4. The Hall–Kier alpha value is -2.31. The molecule has 24 heavy (non-hydrogen) atoms. The monoisotopic (exact) mass is 330 g/mol. The van der Waals surface area contributed by atoms with Gasteiger partial charge in [-0.2, -0.15) is 0 Å². The molecule has 1 fully saturated rings. The first-order valence-electron chi connectivity index (χ1n) is 8.16. The molecule has 128 valence electrons. The van der Waals surface area contributed by atoms with E-state index in [1.165, 1.54) is 6.33 Å². The van der Waals surface area contributed by atoms with Gasteiger partial charge in [-0.3, -0.25) is 0 Å². The first kappa shape index (κ1) is 16.5. The number of likely N-dealkylation sites (N-methyl/N-ethyl adjacent to an activating group) is 1. The summed E-state index contributed by atoms with van der Waals surface area (Å²) < 4.78 is 14.6. The third kappa shape index (κ3) is 2.79. The first-order chi connectivity index (χ1) is 11.4. The van der Waals surface area contributed by atoms with Gasteiger partial charge >= 0.3 is 0 Å². The van der Waals surface area contributed by atoms with Crippen molar-refractivity contribution >= 4 is 11.6 Å². The summed E-state index contributed by atoms with van der Waals surface area (Å²) in [5.74, 6) is 1.04. The minimum atomic E-state index is -0.317. The lowest BCUT2D eigenvalue weighted by Crippen LogP contribution is -2.59. The molecule has 1 saturated heterocycles. The average molecular weight is 330 g/mol. The van der Waals surface area contributed by atoms with Crippen LogP contribution in [-0.2, 0) is 0 Å². The summed E-state index contributed by atoms with van der Waals surface area (Å²) in [7, 11) is 1.88. The number of halogens is 1. The molecule has 6 nitrogen and oxygen atoms in total. The molecular weight excluding hydrogens is 307 g/mol. The molecule has 0 aromatic carbocycles. The van der Waals surface area contributed by atoms with E-state index >= 15 is 0 Å². The number of hydrogen-bond donors (Lipinski definition) is 0. The van der Waals surface area contributed by atoms with Crippen LogP contribution >= 0.6 is 0 Å². The highest BCUT2D eigenvalue weighted by Crippen LogP contribution is 2.29. The first-order valence-corrected chi connectivity index (χ1v) is 8.16. The van der Waals surface area contributed by atoms with Crippen molar-refractivity contribution in [3.8, 4) is 0 Å². The van der Waals surface area contributed by atoms with Gasteiger partial charge in [0, 0.05) is 31.4 Å². The molecule has 0 radical (unpaired) electrons. The summed E-state index contributed by atoms with van der Waals surface area (Å²) in [5.41, 5.74) is 2.54. The number of anilines is 2. The Kier molecular flexibility index (Phi) is 4.34. The van der Waals surface area contributed by atoms with E-state index < -0.39 is 0 Å². The molecule has 2 aromatic rings. The number of aryl methyl sites for hydroxylation is 1. The van der Waals surface area contributed by atoms with E-state index in [9.17, 15) is 4.39 Å². The standard InChI is InChI=1S/C17H23FN6/c1-10(2)15-14(18)17(22-9-20-15)23(5)13-6-24(7-13)16-11(3)12(4)19-8-21-16/h8-10,13H,6-7H2,1-5H3. The third-order valence-corrected chi connectivity index (χ3v) is 4.70. The fraction of sp³-hybridized carbons (Fsp3) is 0.529. The van der Waals surface area contributed by atoms with E-state index in [4.69, 9.17) is 0 Å². The summed E-state index contributed by atoms with van der Waals surface area (Å²) in [5, 5.41) is 0. The maximum Gasteiger partial charge on any atom is 0.187 e. The summed E-state index contributed by atoms with van der Waals surface area (Å²) >= 11 is 0. The predicted molar refractivity (Wildman–Crippen MR) is 92.0 cm³/mol. The second kappa shape index (κ2) is 6.30. The normalized spacial score (nSPS) is 14.9. The summed E-state index contributed by atoms with van der Waals surface area (Å²) in [4.78, 5) is 20.9. The zero-order chi connectivity index (χ0) is 17.4. The molecular formula is C17H23FN6. The van der Waals surface area contributed by atoms with Crippen molar-refractivity contribution in [2.45, 2.75) is 39.7 Å². The van der Waals surface area contributed by atoms with Gasteiger partial charge in [-0.25, -0.2) is 24.3 Å².